The van der Waals surface area contributed by atoms with Gasteiger partial charge in [0.25, 0.3) is 10.0 Å². The van der Waals surface area contributed by atoms with Gasteiger partial charge in [-0.25, -0.2) is 17.1 Å². The zero-order valence-corrected chi connectivity index (χ0v) is 18.3. The summed E-state index contributed by atoms with van der Waals surface area (Å²) in [6, 6.07) is 13.1. The number of halogens is 2. The first kappa shape index (κ1) is 23.3. The van der Waals surface area contributed by atoms with Crippen LogP contribution >= 0.6 is 12.4 Å². The molecule has 0 bridgehead atoms. The number of ether oxygens (including phenoxy) is 2. The highest BCUT2D eigenvalue weighted by atomic mass is 35.5. The van der Waals surface area contributed by atoms with Crippen LogP contribution in [0.3, 0.4) is 0 Å². The molecule has 1 heterocycles. The molecule has 160 valence electrons. The van der Waals surface area contributed by atoms with Crippen molar-refractivity contribution in [2.75, 3.05) is 38.7 Å². The van der Waals surface area contributed by atoms with Gasteiger partial charge in [0.2, 0.25) is 5.00 Å². The average molecular weight is 445 g/mol. The molecule has 0 saturated carbocycles. The number of anilines is 2. The fourth-order valence-corrected chi connectivity index (χ4v) is 5.06. The molecular weight excluding hydrogens is 419 g/mol. The minimum Gasteiger partial charge on any atom is -0.497 e. The van der Waals surface area contributed by atoms with Crippen LogP contribution in [0.25, 0.3) is 0 Å². The molecule has 0 spiro atoms. The van der Waals surface area contributed by atoms with Crippen LogP contribution in [0.15, 0.2) is 48.5 Å². The van der Waals surface area contributed by atoms with E-state index >= 15 is 4.39 Å². The van der Waals surface area contributed by atoms with Gasteiger partial charge in [-0.1, -0.05) is 0 Å². The molecule has 1 saturated heterocycles. The van der Waals surface area contributed by atoms with E-state index in [0.717, 1.165) is 4.31 Å². The molecular formula is C20H26ClFN2O4S. The Morgan fingerprint density at radius 1 is 0.897 bits per heavy atom. The van der Waals surface area contributed by atoms with Gasteiger partial charge in [0.15, 0.2) is 0 Å². The summed E-state index contributed by atoms with van der Waals surface area (Å²) in [5.74, 6) is 1.18. The quantitative estimate of drug-likeness (QED) is 0.674. The van der Waals surface area contributed by atoms with Gasteiger partial charge in [0.1, 0.15) is 11.5 Å². The molecule has 3 rings (SSSR count). The van der Waals surface area contributed by atoms with E-state index in [1.807, 2.05) is 11.9 Å². The summed E-state index contributed by atoms with van der Waals surface area (Å²) in [6.07, 6.45) is -0.150. The molecule has 0 amide bonds. The summed E-state index contributed by atoms with van der Waals surface area (Å²) >= 11 is 0. The lowest BCUT2D eigenvalue weighted by molar-refractivity contribution is 0.138. The van der Waals surface area contributed by atoms with Crippen LogP contribution in [0.1, 0.15) is 12.8 Å². The van der Waals surface area contributed by atoms with Crippen molar-refractivity contribution in [1.82, 2.24) is 4.90 Å². The molecule has 9 heteroatoms. The number of alkyl halides is 1. The highest BCUT2D eigenvalue weighted by Gasteiger charge is 2.50. The Labute approximate surface area is 177 Å². The largest absolute Gasteiger partial charge is 0.497 e. The molecule has 1 aliphatic rings. The summed E-state index contributed by atoms with van der Waals surface area (Å²) in [7, 11) is 0.584. The first-order valence-corrected chi connectivity index (χ1v) is 10.5. The molecule has 0 N–H and O–H groups in total. The summed E-state index contributed by atoms with van der Waals surface area (Å²) < 4.78 is 54.1. The normalized spacial score (nSPS) is 16.6. The maximum atomic E-state index is 15.7. The first-order chi connectivity index (χ1) is 13.3. The van der Waals surface area contributed by atoms with E-state index in [4.69, 9.17) is 9.47 Å². The monoisotopic (exact) mass is 444 g/mol. The molecule has 1 fully saturated rings. The summed E-state index contributed by atoms with van der Waals surface area (Å²) in [5.41, 5.74) is 0.698. The van der Waals surface area contributed by atoms with Crippen molar-refractivity contribution in [3.8, 4) is 11.5 Å². The lowest BCUT2D eigenvalue weighted by Gasteiger charge is -2.38. The Balaban J connectivity index is 0.00000300. The van der Waals surface area contributed by atoms with Crippen molar-refractivity contribution in [2.24, 2.45) is 0 Å². The number of hydrogen-bond donors (Lipinski definition) is 0. The number of hydrogen-bond acceptors (Lipinski definition) is 5. The van der Waals surface area contributed by atoms with Gasteiger partial charge in [-0.05, 0) is 55.6 Å². The zero-order valence-electron chi connectivity index (χ0n) is 16.7. The van der Waals surface area contributed by atoms with Crippen LogP contribution in [-0.4, -0.2) is 52.7 Å². The van der Waals surface area contributed by atoms with Gasteiger partial charge >= 0.3 is 0 Å². The Morgan fingerprint density at radius 3 is 1.62 bits per heavy atom. The van der Waals surface area contributed by atoms with Crippen LogP contribution in [0.2, 0.25) is 0 Å². The number of sulfonamides is 1. The smallest absolute Gasteiger partial charge is 0.274 e. The molecule has 0 atom stereocenters. The molecule has 6 nitrogen and oxygen atoms in total. The Kier molecular flexibility index (Phi) is 7.37. The molecule has 0 radical (unpaired) electrons. The van der Waals surface area contributed by atoms with E-state index in [-0.39, 0.29) is 25.2 Å². The van der Waals surface area contributed by atoms with E-state index < -0.39 is 15.0 Å². The minimum atomic E-state index is -4.33. The fourth-order valence-electron chi connectivity index (χ4n) is 3.24. The van der Waals surface area contributed by atoms with Gasteiger partial charge in [-0.2, -0.15) is 0 Å². The average Bonchev–Trinajstić information content (AvgIpc) is 2.71. The van der Waals surface area contributed by atoms with E-state index in [1.54, 1.807) is 48.5 Å². The summed E-state index contributed by atoms with van der Waals surface area (Å²) in [6.45, 7) is 0.767. The molecule has 0 unspecified atom stereocenters. The highest BCUT2D eigenvalue weighted by Crippen LogP contribution is 2.41. The van der Waals surface area contributed by atoms with Gasteiger partial charge in [-0.15, -0.1) is 12.4 Å². The lowest BCUT2D eigenvalue weighted by Crippen LogP contribution is -2.50. The zero-order chi connectivity index (χ0) is 20.4. The molecule has 2 aromatic carbocycles. The van der Waals surface area contributed by atoms with Gasteiger partial charge < -0.3 is 14.4 Å². The third-order valence-electron chi connectivity index (χ3n) is 5.05. The van der Waals surface area contributed by atoms with E-state index in [9.17, 15) is 8.42 Å². The number of nitrogens with zero attached hydrogens (tertiary/aromatic N) is 2. The second-order valence-electron chi connectivity index (χ2n) is 6.85. The van der Waals surface area contributed by atoms with Gasteiger partial charge in [-0.3, -0.25) is 0 Å². The van der Waals surface area contributed by atoms with Crippen LogP contribution < -0.4 is 13.8 Å². The second-order valence-corrected chi connectivity index (χ2v) is 8.90. The molecule has 29 heavy (non-hydrogen) atoms. The maximum absolute atomic E-state index is 15.7. The van der Waals surface area contributed by atoms with Gasteiger partial charge in [0, 0.05) is 25.9 Å². The topological polar surface area (TPSA) is 59.1 Å². The maximum Gasteiger partial charge on any atom is 0.274 e. The number of benzene rings is 2. The van der Waals surface area contributed by atoms with Crippen LogP contribution in [-0.2, 0) is 10.0 Å². The summed E-state index contributed by atoms with van der Waals surface area (Å²) in [4.78, 5) is 1.93. The Morgan fingerprint density at radius 2 is 1.28 bits per heavy atom. The van der Waals surface area contributed by atoms with Crippen molar-refractivity contribution in [3.63, 3.8) is 0 Å². The Bertz CT molecular complexity index is 852. The lowest BCUT2D eigenvalue weighted by atomic mass is 10.1. The number of likely N-dealkylation sites (tertiary alicyclic amines) is 1. The molecule has 0 aliphatic carbocycles. The van der Waals surface area contributed by atoms with Crippen LogP contribution in [0.5, 0.6) is 11.5 Å². The SMILES string of the molecule is COc1ccc(N(c2ccc(OC)cc2)S(=O)(=O)C2(F)CCN(C)CC2)cc1.Cl. The third-order valence-corrected chi connectivity index (χ3v) is 7.29. The van der Waals surface area contributed by atoms with E-state index in [1.165, 1.54) is 14.2 Å². The van der Waals surface area contributed by atoms with Crippen molar-refractivity contribution in [1.29, 1.82) is 0 Å². The number of piperidine rings is 1. The number of methoxy groups -OCH3 is 2. The second kappa shape index (κ2) is 9.19. The van der Waals surface area contributed by atoms with E-state index in [0.29, 0.717) is 36.0 Å². The van der Waals surface area contributed by atoms with E-state index in [2.05, 4.69) is 0 Å². The fraction of sp³-hybridized carbons (Fsp3) is 0.400. The van der Waals surface area contributed by atoms with Gasteiger partial charge in [0.05, 0.1) is 25.6 Å². The molecule has 2 aromatic rings. The Hall–Kier alpha value is -2.03. The van der Waals surface area contributed by atoms with Crippen LogP contribution in [0.4, 0.5) is 15.8 Å². The predicted molar refractivity (Wildman–Crippen MR) is 115 cm³/mol. The third kappa shape index (κ3) is 4.60. The standard InChI is InChI=1S/C20H25FN2O4S.ClH/c1-22-14-12-20(21,13-15-22)28(24,25)23(16-4-8-18(26-2)9-5-16)17-6-10-19(27-3)11-7-17;/h4-11H,12-15H2,1-3H3;1H. The predicted octanol–water partition coefficient (Wildman–Crippen LogP) is 3.98. The molecule has 0 aromatic heterocycles. The molecule has 1 aliphatic heterocycles. The highest BCUT2D eigenvalue weighted by molar-refractivity contribution is 7.94. The minimum absolute atomic E-state index is 0. The van der Waals surface area contributed by atoms with Crippen molar-refractivity contribution in [2.45, 2.75) is 17.8 Å². The van der Waals surface area contributed by atoms with Crippen molar-refractivity contribution >= 4 is 33.8 Å². The number of rotatable bonds is 6. The van der Waals surface area contributed by atoms with Crippen molar-refractivity contribution in [3.05, 3.63) is 48.5 Å². The summed E-state index contributed by atoms with van der Waals surface area (Å²) in [5, 5.41) is -2.33. The first-order valence-electron chi connectivity index (χ1n) is 9.01. The van der Waals surface area contributed by atoms with Crippen molar-refractivity contribution < 1.29 is 22.3 Å². The van der Waals surface area contributed by atoms with Crippen LogP contribution in [0, 0.1) is 0 Å².